The van der Waals surface area contributed by atoms with Crippen molar-refractivity contribution >= 4 is 26.3 Å². The first-order valence-electron chi connectivity index (χ1n) is 9.38. The van der Waals surface area contributed by atoms with E-state index >= 15 is 0 Å². The van der Waals surface area contributed by atoms with Gasteiger partial charge in [0.15, 0.2) is 0 Å². The van der Waals surface area contributed by atoms with Gasteiger partial charge in [-0.1, -0.05) is 18.2 Å². The molecule has 134 valence electrons. The third-order valence-electron chi connectivity index (χ3n) is 5.58. The first-order valence-corrected chi connectivity index (χ1v) is 11.0. The average molecular weight is 366 g/mol. The van der Waals surface area contributed by atoms with Crippen molar-refractivity contribution in [2.75, 3.05) is 18.0 Å². The third kappa shape index (κ3) is 2.62. The van der Waals surface area contributed by atoms with Crippen LogP contribution in [-0.2, 0) is 9.73 Å². The van der Waals surface area contributed by atoms with Crippen molar-refractivity contribution in [3.8, 4) is 11.3 Å². The Labute approximate surface area is 154 Å². The molecule has 2 heterocycles. The molecule has 2 fully saturated rings. The average Bonchev–Trinajstić information content (AvgIpc) is 3.22. The van der Waals surface area contributed by atoms with Gasteiger partial charge in [-0.3, -0.25) is 0 Å². The highest BCUT2D eigenvalue weighted by atomic mass is 32.2. The Kier molecular flexibility index (Phi) is 3.60. The molecule has 1 aromatic heterocycles. The number of aromatic amines is 1. The molecule has 1 saturated carbocycles. The van der Waals surface area contributed by atoms with Gasteiger partial charge in [-0.15, -0.1) is 0 Å². The van der Waals surface area contributed by atoms with Crippen LogP contribution in [0.3, 0.4) is 0 Å². The first kappa shape index (κ1) is 15.9. The Hall–Kier alpha value is -2.27. The van der Waals surface area contributed by atoms with Crippen molar-refractivity contribution < 1.29 is 4.21 Å². The topological polar surface area (TPSA) is 60.0 Å². The molecule has 0 radical (unpaired) electrons. The number of hydrogen-bond acceptors (Lipinski definition) is 3. The lowest BCUT2D eigenvalue weighted by Crippen LogP contribution is -2.19. The molecule has 1 unspecified atom stereocenters. The maximum absolute atomic E-state index is 13.0. The molecule has 2 N–H and O–H groups in total. The normalized spacial score (nSPS) is 19.8. The van der Waals surface area contributed by atoms with Crippen LogP contribution in [-0.4, -0.2) is 27.5 Å². The van der Waals surface area contributed by atoms with Crippen LogP contribution in [0, 0.1) is 4.78 Å². The van der Waals surface area contributed by atoms with Gasteiger partial charge in [0, 0.05) is 51.1 Å². The molecule has 4 nitrogen and oxygen atoms in total. The summed E-state index contributed by atoms with van der Waals surface area (Å²) in [5.74, 6) is 0. The second-order valence-corrected chi connectivity index (χ2v) is 9.78. The van der Waals surface area contributed by atoms with Crippen LogP contribution in [0.25, 0.3) is 22.2 Å². The number of nitrogens with zero attached hydrogens (tertiary/aromatic N) is 1. The molecular formula is C21H23N3OS. The van der Waals surface area contributed by atoms with Gasteiger partial charge < -0.3 is 9.88 Å². The van der Waals surface area contributed by atoms with Crippen LogP contribution in [0.5, 0.6) is 0 Å². The Morgan fingerprint density at radius 2 is 1.81 bits per heavy atom. The Bertz CT molecular complexity index is 1040. The summed E-state index contributed by atoms with van der Waals surface area (Å²) in [4.78, 5) is 6.61. The first-order chi connectivity index (χ1) is 12.6. The standard InChI is InChI=1S/C21H23N3OS/c22-26(25,16-7-8-16)17-9-10-21(24-11-3-4-12-24)18(14-17)20-13-15-5-1-2-6-19(15)23-20/h1-2,5-6,9-10,13-14,16,22-23H,3-4,7-8,11-12H2. The molecule has 1 saturated heterocycles. The zero-order valence-corrected chi connectivity index (χ0v) is 15.5. The molecule has 2 aromatic carbocycles. The maximum Gasteiger partial charge on any atom is 0.0755 e. The third-order valence-corrected chi connectivity index (χ3v) is 7.94. The van der Waals surface area contributed by atoms with Gasteiger partial charge in [0.2, 0.25) is 0 Å². The molecule has 26 heavy (non-hydrogen) atoms. The van der Waals surface area contributed by atoms with Crippen LogP contribution in [0.1, 0.15) is 25.7 Å². The van der Waals surface area contributed by atoms with Gasteiger partial charge >= 0.3 is 0 Å². The minimum Gasteiger partial charge on any atom is -0.371 e. The van der Waals surface area contributed by atoms with E-state index in [2.05, 4.69) is 34.1 Å². The highest BCUT2D eigenvalue weighted by Gasteiger charge is 2.34. The molecule has 0 spiro atoms. The van der Waals surface area contributed by atoms with Gasteiger partial charge in [0.1, 0.15) is 0 Å². The number of H-pyrrole nitrogens is 1. The predicted octanol–water partition coefficient (Wildman–Crippen LogP) is 5.00. The number of para-hydroxylation sites is 1. The molecule has 0 amide bonds. The number of benzene rings is 2. The fourth-order valence-electron chi connectivity index (χ4n) is 3.96. The highest BCUT2D eigenvalue weighted by Crippen LogP contribution is 2.39. The summed E-state index contributed by atoms with van der Waals surface area (Å²) in [6.07, 6.45) is 4.26. The van der Waals surface area contributed by atoms with E-state index in [9.17, 15) is 4.21 Å². The van der Waals surface area contributed by atoms with Crippen LogP contribution < -0.4 is 4.90 Å². The molecule has 5 rings (SSSR count). The summed E-state index contributed by atoms with van der Waals surface area (Å²) in [5.41, 5.74) is 4.40. The quantitative estimate of drug-likeness (QED) is 0.683. The summed E-state index contributed by atoms with van der Waals surface area (Å²) in [5, 5.41) is 1.21. The number of nitrogens with one attached hydrogen (secondary N) is 2. The van der Waals surface area contributed by atoms with Crippen molar-refractivity contribution in [3.05, 3.63) is 48.5 Å². The van der Waals surface area contributed by atoms with E-state index in [4.69, 9.17) is 4.78 Å². The smallest absolute Gasteiger partial charge is 0.0755 e. The lowest BCUT2D eigenvalue weighted by atomic mass is 10.1. The number of hydrogen-bond donors (Lipinski definition) is 2. The fourth-order valence-corrected chi connectivity index (χ4v) is 5.71. The molecule has 5 heteroatoms. The number of anilines is 1. The van der Waals surface area contributed by atoms with E-state index in [1.165, 1.54) is 23.9 Å². The van der Waals surface area contributed by atoms with E-state index in [1.54, 1.807) is 0 Å². The molecule has 3 aromatic rings. The van der Waals surface area contributed by atoms with Gasteiger partial charge in [-0.05, 0) is 56.0 Å². The van der Waals surface area contributed by atoms with Gasteiger partial charge in [0.05, 0.1) is 9.73 Å². The molecule has 0 bridgehead atoms. The minimum absolute atomic E-state index is 0.0377. The minimum atomic E-state index is -2.70. The summed E-state index contributed by atoms with van der Waals surface area (Å²) < 4.78 is 21.4. The molecular weight excluding hydrogens is 342 g/mol. The number of aromatic nitrogens is 1. The fraction of sp³-hybridized carbons (Fsp3) is 0.333. The van der Waals surface area contributed by atoms with Crippen LogP contribution in [0.15, 0.2) is 53.4 Å². The summed E-state index contributed by atoms with van der Waals surface area (Å²) in [6.45, 7) is 2.12. The lowest BCUT2D eigenvalue weighted by Gasteiger charge is -2.22. The largest absolute Gasteiger partial charge is 0.371 e. The Balaban J connectivity index is 1.68. The van der Waals surface area contributed by atoms with Crippen LogP contribution >= 0.6 is 0 Å². The van der Waals surface area contributed by atoms with Gasteiger partial charge in [-0.2, -0.15) is 0 Å². The highest BCUT2D eigenvalue weighted by molar-refractivity contribution is 7.93. The second-order valence-electron chi connectivity index (χ2n) is 7.44. The monoisotopic (exact) mass is 365 g/mol. The molecule has 1 aliphatic carbocycles. The van der Waals surface area contributed by atoms with E-state index < -0.39 is 9.73 Å². The molecule has 2 aliphatic rings. The molecule has 1 atom stereocenters. The Morgan fingerprint density at radius 3 is 2.54 bits per heavy atom. The van der Waals surface area contributed by atoms with Crippen molar-refractivity contribution in [2.45, 2.75) is 35.8 Å². The zero-order valence-electron chi connectivity index (χ0n) is 14.7. The van der Waals surface area contributed by atoms with E-state index in [1.807, 2.05) is 24.3 Å². The second kappa shape index (κ2) is 5.88. The van der Waals surface area contributed by atoms with Crippen molar-refractivity contribution in [2.24, 2.45) is 0 Å². The van der Waals surface area contributed by atoms with Crippen LogP contribution in [0.4, 0.5) is 5.69 Å². The summed E-state index contributed by atoms with van der Waals surface area (Å²) >= 11 is 0. The van der Waals surface area contributed by atoms with Crippen LogP contribution in [0.2, 0.25) is 0 Å². The van der Waals surface area contributed by atoms with Gasteiger partial charge in [-0.25, -0.2) is 8.99 Å². The van der Waals surface area contributed by atoms with Crippen molar-refractivity contribution in [3.63, 3.8) is 0 Å². The molecule has 1 aliphatic heterocycles. The zero-order chi connectivity index (χ0) is 17.7. The predicted molar refractivity (Wildman–Crippen MR) is 107 cm³/mol. The SMILES string of the molecule is N=S(=O)(c1ccc(N2CCCC2)c(-c2cc3ccccc3[nH]2)c1)C1CC1. The maximum atomic E-state index is 13.0. The lowest BCUT2D eigenvalue weighted by molar-refractivity contribution is 0.674. The van der Waals surface area contributed by atoms with E-state index in [-0.39, 0.29) is 5.25 Å². The van der Waals surface area contributed by atoms with E-state index in [0.29, 0.717) is 4.90 Å². The Morgan fingerprint density at radius 1 is 1.04 bits per heavy atom. The van der Waals surface area contributed by atoms with Gasteiger partial charge in [0.25, 0.3) is 0 Å². The van der Waals surface area contributed by atoms with Crippen molar-refractivity contribution in [1.82, 2.24) is 4.98 Å². The van der Waals surface area contributed by atoms with E-state index in [0.717, 1.165) is 42.7 Å². The number of rotatable bonds is 4. The number of fused-ring (bicyclic) bond motifs is 1. The summed E-state index contributed by atoms with van der Waals surface area (Å²) in [7, 11) is -2.70. The van der Waals surface area contributed by atoms with Crippen molar-refractivity contribution in [1.29, 1.82) is 4.78 Å². The summed E-state index contributed by atoms with van der Waals surface area (Å²) in [6, 6.07) is 16.4.